The molecular weight excluding hydrogens is 282 g/mol. The van der Waals surface area contributed by atoms with Gasteiger partial charge in [0.25, 0.3) is 0 Å². The van der Waals surface area contributed by atoms with E-state index in [0.29, 0.717) is 4.88 Å². The van der Waals surface area contributed by atoms with Crippen LogP contribution in [0.2, 0.25) is 0 Å². The van der Waals surface area contributed by atoms with Crippen LogP contribution < -0.4 is 9.44 Å². The molecular formula is C8H9N3O5S2. The van der Waals surface area contributed by atoms with E-state index >= 15 is 0 Å². The van der Waals surface area contributed by atoms with E-state index in [4.69, 9.17) is 5.11 Å². The minimum Gasteiger partial charge on any atom is -0.452 e. The predicted molar refractivity (Wildman–Crippen MR) is 64.2 cm³/mol. The first-order valence-electron chi connectivity index (χ1n) is 4.41. The van der Waals surface area contributed by atoms with Gasteiger partial charge in [-0.05, 0) is 0 Å². The number of anilines is 1. The monoisotopic (exact) mass is 291 g/mol. The molecule has 1 rings (SSSR count). The molecule has 0 saturated carbocycles. The number of thiazole rings is 1. The molecule has 0 fully saturated rings. The summed E-state index contributed by atoms with van der Waals surface area (Å²) in [6.07, 6.45) is 0.225. The number of nitrogens with zero attached hydrogens (tertiary/aromatic N) is 1. The highest BCUT2D eigenvalue weighted by molar-refractivity contribution is 7.91. The average Bonchev–Trinajstić information content (AvgIpc) is 2.72. The molecule has 0 aromatic carbocycles. The van der Waals surface area contributed by atoms with Gasteiger partial charge < -0.3 is 9.84 Å². The number of nitrogens with one attached hydrogen (secondary N) is 2. The number of carbonyl (C=O) groups excluding carboxylic acids is 1. The fourth-order valence-corrected chi connectivity index (χ4v) is 2.47. The maximum absolute atomic E-state index is 11.4. The molecule has 1 aromatic heterocycles. The van der Waals surface area contributed by atoms with Crippen molar-refractivity contribution in [2.45, 2.75) is 0 Å². The Morgan fingerprint density at radius 3 is 3.00 bits per heavy atom. The van der Waals surface area contributed by atoms with Crippen molar-refractivity contribution in [2.24, 2.45) is 0 Å². The molecule has 0 bridgehead atoms. The van der Waals surface area contributed by atoms with Crippen molar-refractivity contribution in [1.29, 1.82) is 0 Å². The smallest absolute Gasteiger partial charge is 0.422 e. The Kier molecular flexibility index (Phi) is 4.90. The van der Waals surface area contributed by atoms with Crippen LogP contribution in [0.1, 0.15) is 4.88 Å². The summed E-state index contributed by atoms with van der Waals surface area (Å²) in [6, 6.07) is 0. The van der Waals surface area contributed by atoms with Crippen LogP contribution in [-0.4, -0.2) is 38.3 Å². The highest BCUT2D eigenvalue weighted by atomic mass is 32.2. The van der Waals surface area contributed by atoms with Crippen LogP contribution in [0.15, 0.2) is 6.20 Å². The van der Waals surface area contributed by atoms with E-state index in [9.17, 15) is 13.2 Å². The molecule has 0 aliphatic rings. The molecule has 0 unspecified atom stereocenters. The van der Waals surface area contributed by atoms with Gasteiger partial charge in [0.2, 0.25) is 0 Å². The number of amides is 1. The summed E-state index contributed by atoms with van der Waals surface area (Å²) in [4.78, 5) is 15.0. The van der Waals surface area contributed by atoms with Crippen molar-refractivity contribution >= 4 is 32.8 Å². The van der Waals surface area contributed by atoms with Crippen molar-refractivity contribution in [2.75, 3.05) is 18.4 Å². The van der Waals surface area contributed by atoms with Crippen molar-refractivity contribution in [3.8, 4) is 11.8 Å². The molecule has 0 aliphatic carbocycles. The number of hydrogen-bond donors (Lipinski definition) is 3. The van der Waals surface area contributed by atoms with Crippen LogP contribution in [0.25, 0.3) is 0 Å². The molecule has 0 aliphatic heterocycles. The van der Waals surface area contributed by atoms with E-state index in [2.05, 4.69) is 21.6 Å². The summed E-state index contributed by atoms with van der Waals surface area (Å²) in [5.74, 6) is 4.95. The van der Waals surface area contributed by atoms with Gasteiger partial charge in [-0.25, -0.2) is 19.2 Å². The summed E-state index contributed by atoms with van der Waals surface area (Å²) < 4.78 is 30.5. The van der Waals surface area contributed by atoms with Gasteiger partial charge in [0.1, 0.15) is 6.61 Å². The molecule has 0 atom stereocenters. The highest BCUT2D eigenvalue weighted by Crippen LogP contribution is 2.17. The molecule has 98 valence electrons. The lowest BCUT2D eigenvalue weighted by Crippen LogP contribution is -2.35. The third-order valence-corrected chi connectivity index (χ3v) is 3.28. The molecule has 1 amide bonds. The lowest BCUT2D eigenvalue weighted by molar-refractivity contribution is 0.177. The molecule has 3 N–H and O–H groups in total. The van der Waals surface area contributed by atoms with E-state index in [0.717, 1.165) is 18.4 Å². The number of aliphatic hydroxyl groups is 1. The quantitative estimate of drug-likeness (QED) is 0.646. The van der Waals surface area contributed by atoms with E-state index < -0.39 is 16.3 Å². The zero-order chi connectivity index (χ0) is 13.6. The lowest BCUT2D eigenvalue weighted by Gasteiger charge is -2.04. The summed E-state index contributed by atoms with van der Waals surface area (Å²) in [5.41, 5.74) is 0. The number of aliphatic hydroxyl groups excluding tert-OH is 1. The van der Waals surface area contributed by atoms with Gasteiger partial charge in [-0.2, -0.15) is 8.42 Å². The molecule has 10 heteroatoms. The summed E-state index contributed by atoms with van der Waals surface area (Å²) in [6.45, 7) is -0.303. The van der Waals surface area contributed by atoms with E-state index in [1.807, 2.05) is 4.72 Å². The third kappa shape index (κ3) is 4.58. The molecule has 0 radical (unpaired) electrons. The Balaban J connectivity index is 2.73. The number of rotatable bonds is 3. The molecule has 8 nitrogen and oxygen atoms in total. The van der Waals surface area contributed by atoms with Crippen molar-refractivity contribution in [3.63, 3.8) is 0 Å². The van der Waals surface area contributed by atoms with Gasteiger partial charge in [0.05, 0.1) is 18.2 Å². The molecule has 0 spiro atoms. The van der Waals surface area contributed by atoms with Crippen molar-refractivity contribution in [3.05, 3.63) is 11.1 Å². The average molecular weight is 291 g/mol. The molecule has 0 saturated heterocycles. The minimum atomic E-state index is -4.08. The van der Waals surface area contributed by atoms with E-state index in [1.54, 1.807) is 4.72 Å². The fraction of sp³-hybridized carbons (Fsp3) is 0.250. The zero-order valence-corrected chi connectivity index (χ0v) is 10.8. The first kappa shape index (κ1) is 14.2. The van der Waals surface area contributed by atoms with Gasteiger partial charge in [-0.1, -0.05) is 23.2 Å². The van der Waals surface area contributed by atoms with E-state index in [1.165, 1.54) is 6.20 Å². The maximum atomic E-state index is 11.4. The predicted octanol–water partition coefficient (Wildman–Crippen LogP) is -0.500. The minimum absolute atomic E-state index is 0.0358. The molecule has 18 heavy (non-hydrogen) atoms. The highest BCUT2D eigenvalue weighted by Gasteiger charge is 2.16. The van der Waals surface area contributed by atoms with Crippen LogP contribution in [0.5, 0.6) is 0 Å². The number of aromatic nitrogens is 1. The Bertz CT molecular complexity index is 583. The Hall–Kier alpha value is -1.83. The second-order valence-corrected chi connectivity index (χ2v) is 5.13. The largest absolute Gasteiger partial charge is 0.452 e. The second kappa shape index (κ2) is 6.20. The van der Waals surface area contributed by atoms with Crippen LogP contribution in [0.3, 0.4) is 0 Å². The van der Waals surface area contributed by atoms with Gasteiger partial charge in [0, 0.05) is 0 Å². The topological polar surface area (TPSA) is 118 Å². The Morgan fingerprint density at radius 1 is 1.67 bits per heavy atom. The van der Waals surface area contributed by atoms with Gasteiger partial charge >= 0.3 is 16.3 Å². The maximum Gasteiger partial charge on any atom is 0.422 e. The van der Waals surface area contributed by atoms with Crippen LogP contribution >= 0.6 is 11.3 Å². The Morgan fingerprint density at radius 2 is 2.39 bits per heavy atom. The second-order valence-electron chi connectivity index (χ2n) is 2.69. The lowest BCUT2D eigenvalue weighted by atomic mass is 10.5. The van der Waals surface area contributed by atoms with Crippen molar-refractivity contribution in [1.82, 2.24) is 9.71 Å². The van der Waals surface area contributed by atoms with Crippen molar-refractivity contribution < 1.29 is 23.1 Å². The number of methoxy groups -OCH3 is 1. The summed E-state index contributed by atoms with van der Waals surface area (Å²) >= 11 is 0.956. The first-order valence-corrected chi connectivity index (χ1v) is 6.71. The van der Waals surface area contributed by atoms with E-state index in [-0.39, 0.29) is 11.7 Å². The van der Waals surface area contributed by atoms with Gasteiger partial charge in [0.15, 0.2) is 5.13 Å². The van der Waals surface area contributed by atoms with Gasteiger partial charge in [-0.15, -0.1) is 0 Å². The van der Waals surface area contributed by atoms with Crippen LogP contribution in [0.4, 0.5) is 9.93 Å². The SMILES string of the molecule is COC(=O)NS(=O)(=O)Nc1ncc(C#CCO)s1. The number of hydrogen-bond acceptors (Lipinski definition) is 7. The van der Waals surface area contributed by atoms with Crippen LogP contribution in [0, 0.1) is 11.8 Å². The molecule has 1 heterocycles. The zero-order valence-electron chi connectivity index (χ0n) is 9.13. The number of ether oxygens (including phenoxy) is 1. The van der Waals surface area contributed by atoms with Crippen LogP contribution in [-0.2, 0) is 14.9 Å². The van der Waals surface area contributed by atoms with Gasteiger partial charge in [-0.3, -0.25) is 0 Å². The summed E-state index contributed by atoms with van der Waals surface area (Å²) in [7, 11) is -3.04. The number of carbonyl (C=O) groups is 1. The summed E-state index contributed by atoms with van der Waals surface area (Å²) in [5, 5.41) is 8.52. The normalized spacial score (nSPS) is 10.1. The standard InChI is InChI=1S/C8H9N3O5S2/c1-16-8(13)11-18(14,15)10-7-9-5-6(17-7)3-2-4-12/h5,12H,4H2,1H3,(H,9,10)(H,11,13). The first-order chi connectivity index (χ1) is 8.46. The molecule has 1 aromatic rings. The Labute approximate surface area is 107 Å². The third-order valence-electron chi connectivity index (χ3n) is 1.42. The fourth-order valence-electron chi connectivity index (χ4n) is 0.798.